The van der Waals surface area contributed by atoms with Gasteiger partial charge in [0, 0.05) is 29.9 Å². The van der Waals surface area contributed by atoms with Crippen molar-refractivity contribution in [1.82, 2.24) is 10.2 Å². The maximum atomic E-state index is 13.0. The van der Waals surface area contributed by atoms with Gasteiger partial charge in [0.05, 0.1) is 17.1 Å². The summed E-state index contributed by atoms with van der Waals surface area (Å²) in [5.41, 5.74) is 0.619. The third-order valence-electron chi connectivity index (χ3n) is 5.48. The van der Waals surface area contributed by atoms with Gasteiger partial charge >= 0.3 is 6.18 Å². The summed E-state index contributed by atoms with van der Waals surface area (Å²) in [5, 5.41) is 5.07. The number of halogens is 4. The van der Waals surface area contributed by atoms with E-state index in [0.717, 1.165) is 43.4 Å². The van der Waals surface area contributed by atoms with Crippen molar-refractivity contribution in [3.63, 3.8) is 0 Å². The lowest BCUT2D eigenvalue weighted by atomic mass is 10.1. The van der Waals surface area contributed by atoms with Crippen LogP contribution in [0.4, 0.5) is 18.9 Å². The molecular formula is C23H23ClF3N3O2. The summed E-state index contributed by atoms with van der Waals surface area (Å²) in [4.78, 5) is 26.6. The molecule has 0 unspecified atom stereocenters. The number of rotatable bonds is 8. The Morgan fingerprint density at radius 2 is 1.72 bits per heavy atom. The first-order valence-corrected chi connectivity index (χ1v) is 10.9. The van der Waals surface area contributed by atoms with Crippen LogP contribution in [0.5, 0.6) is 0 Å². The summed E-state index contributed by atoms with van der Waals surface area (Å²) in [6.07, 6.45) is -0.617. The lowest BCUT2D eigenvalue weighted by Crippen LogP contribution is -2.34. The highest BCUT2D eigenvalue weighted by Gasteiger charge is 2.34. The summed E-state index contributed by atoms with van der Waals surface area (Å²) in [6.45, 7) is 0.565. The number of amides is 2. The monoisotopic (exact) mass is 465 g/mol. The van der Waals surface area contributed by atoms with Crippen LogP contribution in [-0.2, 0) is 17.5 Å². The summed E-state index contributed by atoms with van der Waals surface area (Å²) in [6, 6.07) is 11.1. The lowest BCUT2D eigenvalue weighted by Gasteiger charge is -2.22. The normalized spacial score (nSPS) is 16.2. The molecule has 2 aliphatic rings. The van der Waals surface area contributed by atoms with Gasteiger partial charge in [-0.15, -0.1) is 0 Å². The largest absolute Gasteiger partial charge is 0.417 e. The minimum atomic E-state index is -4.60. The number of alkyl halides is 3. The molecule has 2 aliphatic carbocycles. The maximum absolute atomic E-state index is 13.0. The van der Waals surface area contributed by atoms with Crippen LogP contribution in [0, 0.1) is 0 Å². The molecule has 170 valence electrons. The predicted octanol–water partition coefficient (Wildman–Crippen LogP) is 4.85. The van der Waals surface area contributed by atoms with Gasteiger partial charge in [-0.2, -0.15) is 13.2 Å². The second-order valence-electron chi connectivity index (χ2n) is 8.32. The molecular weight excluding hydrogens is 443 g/mol. The van der Waals surface area contributed by atoms with Gasteiger partial charge in [-0.3, -0.25) is 14.5 Å². The van der Waals surface area contributed by atoms with Crippen LogP contribution in [-0.4, -0.2) is 35.3 Å². The van der Waals surface area contributed by atoms with Crippen LogP contribution < -0.4 is 10.6 Å². The van der Waals surface area contributed by atoms with E-state index in [4.69, 9.17) is 11.6 Å². The molecule has 0 saturated heterocycles. The quantitative estimate of drug-likeness (QED) is 0.585. The Morgan fingerprint density at radius 3 is 2.31 bits per heavy atom. The van der Waals surface area contributed by atoms with Gasteiger partial charge in [-0.25, -0.2) is 0 Å². The zero-order valence-electron chi connectivity index (χ0n) is 17.2. The lowest BCUT2D eigenvalue weighted by molar-refractivity contribution is -0.137. The molecule has 2 fully saturated rings. The molecule has 2 aromatic carbocycles. The Bertz CT molecular complexity index is 1000. The zero-order valence-corrected chi connectivity index (χ0v) is 18.0. The molecule has 2 saturated carbocycles. The second-order valence-corrected chi connectivity index (χ2v) is 8.73. The maximum Gasteiger partial charge on any atom is 0.417 e. The van der Waals surface area contributed by atoms with Crippen molar-refractivity contribution in [2.75, 3.05) is 11.9 Å². The first kappa shape index (κ1) is 22.6. The number of carbonyl (C=O) groups is 2. The van der Waals surface area contributed by atoms with Crippen LogP contribution >= 0.6 is 11.6 Å². The van der Waals surface area contributed by atoms with Crippen LogP contribution in [0.3, 0.4) is 0 Å². The van der Waals surface area contributed by atoms with Gasteiger partial charge in [0.15, 0.2) is 0 Å². The van der Waals surface area contributed by atoms with Crippen molar-refractivity contribution in [2.45, 2.75) is 50.5 Å². The van der Waals surface area contributed by atoms with E-state index in [9.17, 15) is 22.8 Å². The van der Waals surface area contributed by atoms with Crippen LogP contribution in [0.2, 0.25) is 5.02 Å². The fourth-order valence-electron chi connectivity index (χ4n) is 3.45. The Labute approximate surface area is 188 Å². The molecule has 4 rings (SSSR count). The van der Waals surface area contributed by atoms with Crippen molar-refractivity contribution in [3.05, 3.63) is 64.2 Å². The molecule has 0 aliphatic heterocycles. The van der Waals surface area contributed by atoms with Crippen molar-refractivity contribution in [1.29, 1.82) is 0 Å². The summed E-state index contributed by atoms with van der Waals surface area (Å²) >= 11 is 5.63. The first-order chi connectivity index (χ1) is 15.2. The third-order valence-corrected chi connectivity index (χ3v) is 5.81. The molecule has 2 aromatic rings. The van der Waals surface area contributed by atoms with E-state index in [1.54, 1.807) is 12.1 Å². The Balaban J connectivity index is 1.36. The first-order valence-electron chi connectivity index (χ1n) is 10.5. The van der Waals surface area contributed by atoms with E-state index in [2.05, 4.69) is 10.6 Å². The van der Waals surface area contributed by atoms with E-state index in [0.29, 0.717) is 18.2 Å². The Morgan fingerprint density at radius 1 is 1.03 bits per heavy atom. The van der Waals surface area contributed by atoms with Crippen molar-refractivity contribution >= 4 is 29.1 Å². The molecule has 0 aromatic heterocycles. The molecule has 32 heavy (non-hydrogen) atoms. The van der Waals surface area contributed by atoms with Gasteiger partial charge in [-0.1, -0.05) is 23.7 Å². The molecule has 9 heteroatoms. The highest BCUT2D eigenvalue weighted by Crippen LogP contribution is 2.36. The number of hydrogen-bond donors (Lipinski definition) is 2. The fraction of sp³-hybridized carbons (Fsp3) is 0.391. The van der Waals surface area contributed by atoms with E-state index in [1.165, 1.54) is 6.07 Å². The zero-order chi connectivity index (χ0) is 22.9. The van der Waals surface area contributed by atoms with Gasteiger partial charge < -0.3 is 10.6 Å². The summed E-state index contributed by atoms with van der Waals surface area (Å²) in [7, 11) is 0. The van der Waals surface area contributed by atoms with E-state index < -0.39 is 22.7 Å². The standard InChI is InChI=1S/C23H23ClF3N3O2/c24-20-10-7-17(11-19(20)23(25,26)27)28-21(31)13-30(18-8-9-18)12-14-1-3-15(4-2-14)22(32)29-16-5-6-16/h1-4,7,10-11,16,18H,5-6,8-9,12-13H2,(H,28,31)(H,29,32). The number of anilines is 1. The fourth-order valence-corrected chi connectivity index (χ4v) is 3.68. The minimum Gasteiger partial charge on any atom is -0.349 e. The molecule has 0 bridgehead atoms. The van der Waals surface area contributed by atoms with Crippen LogP contribution in [0.15, 0.2) is 42.5 Å². The number of nitrogens with one attached hydrogen (secondary N) is 2. The molecule has 0 atom stereocenters. The van der Waals surface area contributed by atoms with Crippen molar-refractivity contribution in [2.24, 2.45) is 0 Å². The molecule has 2 amide bonds. The average molecular weight is 466 g/mol. The SMILES string of the molecule is O=C(CN(Cc1ccc(C(=O)NC2CC2)cc1)C1CC1)Nc1ccc(Cl)c(C(F)(F)F)c1. The number of carbonyl (C=O) groups excluding carboxylic acids is 2. The van der Waals surface area contributed by atoms with E-state index in [-0.39, 0.29) is 24.2 Å². The molecule has 2 N–H and O–H groups in total. The number of hydrogen-bond acceptors (Lipinski definition) is 3. The van der Waals surface area contributed by atoms with Gasteiger partial charge in [0.1, 0.15) is 0 Å². The third kappa shape index (κ3) is 6.01. The van der Waals surface area contributed by atoms with Gasteiger partial charge in [0.2, 0.25) is 5.91 Å². The predicted molar refractivity (Wildman–Crippen MR) is 115 cm³/mol. The smallest absolute Gasteiger partial charge is 0.349 e. The average Bonchev–Trinajstić information content (AvgIpc) is 3.63. The molecule has 5 nitrogen and oxygen atoms in total. The van der Waals surface area contributed by atoms with Gasteiger partial charge in [0.25, 0.3) is 5.91 Å². The second kappa shape index (κ2) is 9.11. The molecule has 0 spiro atoms. The topological polar surface area (TPSA) is 61.4 Å². The number of benzene rings is 2. The Hall–Kier alpha value is -2.58. The molecule has 0 heterocycles. The van der Waals surface area contributed by atoms with Crippen LogP contribution in [0.1, 0.15) is 47.2 Å². The highest BCUT2D eigenvalue weighted by atomic mass is 35.5. The summed E-state index contributed by atoms with van der Waals surface area (Å²) in [5.74, 6) is -0.480. The minimum absolute atomic E-state index is 0.0495. The Kier molecular flexibility index (Phi) is 6.44. The van der Waals surface area contributed by atoms with Gasteiger partial charge in [-0.05, 0) is 61.6 Å². The molecule has 0 radical (unpaired) electrons. The summed E-state index contributed by atoms with van der Waals surface area (Å²) < 4.78 is 39.1. The van der Waals surface area contributed by atoms with E-state index in [1.807, 2.05) is 17.0 Å². The van der Waals surface area contributed by atoms with Crippen molar-refractivity contribution < 1.29 is 22.8 Å². The number of nitrogens with zero attached hydrogens (tertiary/aromatic N) is 1. The van der Waals surface area contributed by atoms with Crippen molar-refractivity contribution in [3.8, 4) is 0 Å². The highest BCUT2D eigenvalue weighted by molar-refractivity contribution is 6.31. The van der Waals surface area contributed by atoms with Crippen LogP contribution in [0.25, 0.3) is 0 Å². The van der Waals surface area contributed by atoms with E-state index >= 15 is 0 Å².